The second-order valence-corrected chi connectivity index (χ2v) is 4.52. The number of nitrogens with one attached hydrogen (secondary N) is 1. The van der Waals surface area contributed by atoms with E-state index in [0.29, 0.717) is 12.2 Å². The van der Waals surface area contributed by atoms with E-state index in [9.17, 15) is 9.18 Å². The molecule has 18 heavy (non-hydrogen) atoms. The number of carbonyl (C=O) groups excluding carboxylic acids is 1. The van der Waals surface area contributed by atoms with E-state index in [1.165, 1.54) is 6.20 Å². The van der Waals surface area contributed by atoms with Gasteiger partial charge in [0.1, 0.15) is 0 Å². The van der Waals surface area contributed by atoms with Crippen LogP contribution in [-0.2, 0) is 4.79 Å². The summed E-state index contributed by atoms with van der Waals surface area (Å²) in [5.74, 6) is -0.640. The number of likely N-dealkylation sites (tertiary alicyclic amines) is 1. The number of rotatable bonds is 4. The molecular formula is C12H17FN4O. The molecule has 0 bridgehead atoms. The summed E-state index contributed by atoms with van der Waals surface area (Å²) in [4.78, 5) is 16.5. The molecule has 1 aliphatic rings. The highest BCUT2D eigenvalue weighted by atomic mass is 19.1. The van der Waals surface area contributed by atoms with E-state index in [4.69, 9.17) is 5.73 Å². The standard InChI is InChI=1S/C12H17FN4O/c13-10-7-15-4-1-11(10)16-9-2-5-17(6-3-9)8-12(14)18/h1,4,7,9H,2-3,5-6,8H2,(H2,14,18)(H,15,16). The SMILES string of the molecule is NC(=O)CN1CCC(Nc2ccncc2F)CC1. The van der Waals surface area contributed by atoms with Gasteiger partial charge in [-0.25, -0.2) is 4.39 Å². The summed E-state index contributed by atoms with van der Waals surface area (Å²) >= 11 is 0. The van der Waals surface area contributed by atoms with Crippen molar-refractivity contribution in [3.8, 4) is 0 Å². The predicted octanol–water partition coefficient (Wildman–Crippen LogP) is 0.582. The maximum Gasteiger partial charge on any atom is 0.231 e. The molecule has 0 aliphatic carbocycles. The van der Waals surface area contributed by atoms with Gasteiger partial charge in [-0.3, -0.25) is 14.7 Å². The molecule has 1 aromatic heterocycles. The van der Waals surface area contributed by atoms with Gasteiger partial charge in [-0.1, -0.05) is 0 Å². The van der Waals surface area contributed by atoms with E-state index in [1.807, 2.05) is 4.90 Å². The molecule has 1 fully saturated rings. The zero-order chi connectivity index (χ0) is 13.0. The first-order chi connectivity index (χ1) is 8.65. The Bertz CT molecular complexity index is 418. The van der Waals surface area contributed by atoms with Gasteiger partial charge in [-0.05, 0) is 18.9 Å². The van der Waals surface area contributed by atoms with Crippen molar-refractivity contribution in [1.82, 2.24) is 9.88 Å². The first kappa shape index (κ1) is 12.8. The minimum absolute atomic E-state index is 0.228. The Morgan fingerprint density at radius 2 is 2.28 bits per heavy atom. The van der Waals surface area contributed by atoms with Crippen LogP contribution < -0.4 is 11.1 Å². The maximum atomic E-state index is 13.4. The summed E-state index contributed by atoms with van der Waals surface area (Å²) in [6.07, 6.45) is 4.50. The third-order valence-electron chi connectivity index (χ3n) is 3.10. The lowest BCUT2D eigenvalue weighted by Crippen LogP contribution is -2.43. The lowest BCUT2D eigenvalue weighted by molar-refractivity contribution is -0.119. The highest BCUT2D eigenvalue weighted by Crippen LogP contribution is 2.18. The average Bonchev–Trinajstić information content (AvgIpc) is 2.34. The van der Waals surface area contributed by atoms with Gasteiger partial charge in [0.05, 0.1) is 18.4 Å². The van der Waals surface area contributed by atoms with Gasteiger partial charge in [0.2, 0.25) is 5.91 Å². The van der Waals surface area contributed by atoms with Crippen molar-refractivity contribution < 1.29 is 9.18 Å². The number of carbonyl (C=O) groups is 1. The van der Waals surface area contributed by atoms with Crippen LogP contribution in [-0.4, -0.2) is 41.5 Å². The molecule has 0 unspecified atom stereocenters. The van der Waals surface area contributed by atoms with Crippen LogP contribution in [0.25, 0.3) is 0 Å². The Labute approximate surface area is 105 Å². The Morgan fingerprint density at radius 3 is 2.89 bits per heavy atom. The molecule has 2 rings (SSSR count). The van der Waals surface area contributed by atoms with Crippen LogP contribution in [0.5, 0.6) is 0 Å². The molecule has 1 aromatic rings. The summed E-state index contributed by atoms with van der Waals surface area (Å²) in [7, 11) is 0. The summed E-state index contributed by atoms with van der Waals surface area (Å²) in [6, 6.07) is 1.86. The molecule has 5 nitrogen and oxygen atoms in total. The second kappa shape index (κ2) is 5.77. The van der Waals surface area contributed by atoms with Crippen molar-refractivity contribution in [1.29, 1.82) is 0 Å². The number of piperidine rings is 1. The van der Waals surface area contributed by atoms with Gasteiger partial charge in [0.25, 0.3) is 0 Å². The van der Waals surface area contributed by atoms with Crippen LogP contribution in [0.15, 0.2) is 18.5 Å². The molecule has 2 heterocycles. The quantitative estimate of drug-likeness (QED) is 0.822. The summed E-state index contributed by atoms with van der Waals surface area (Å²) < 4.78 is 13.4. The molecule has 0 spiro atoms. The lowest BCUT2D eigenvalue weighted by Gasteiger charge is -2.32. The van der Waals surface area contributed by atoms with Crippen LogP contribution in [0.4, 0.5) is 10.1 Å². The lowest BCUT2D eigenvalue weighted by atomic mass is 10.0. The molecular weight excluding hydrogens is 235 g/mol. The highest BCUT2D eigenvalue weighted by molar-refractivity contribution is 5.75. The Kier molecular flexibility index (Phi) is 4.09. The molecule has 1 amide bonds. The highest BCUT2D eigenvalue weighted by Gasteiger charge is 2.20. The third kappa shape index (κ3) is 3.40. The van der Waals surface area contributed by atoms with Crippen molar-refractivity contribution in [2.45, 2.75) is 18.9 Å². The number of anilines is 1. The van der Waals surface area contributed by atoms with Crippen LogP contribution >= 0.6 is 0 Å². The molecule has 3 N–H and O–H groups in total. The van der Waals surface area contributed by atoms with Crippen molar-refractivity contribution in [3.05, 3.63) is 24.3 Å². The molecule has 6 heteroatoms. The van der Waals surface area contributed by atoms with Crippen molar-refractivity contribution >= 4 is 11.6 Å². The number of nitrogens with zero attached hydrogens (tertiary/aromatic N) is 2. The van der Waals surface area contributed by atoms with Gasteiger partial charge < -0.3 is 11.1 Å². The fourth-order valence-corrected chi connectivity index (χ4v) is 2.17. The number of hydrogen-bond acceptors (Lipinski definition) is 4. The first-order valence-electron chi connectivity index (χ1n) is 6.02. The topological polar surface area (TPSA) is 71.2 Å². The predicted molar refractivity (Wildman–Crippen MR) is 66.5 cm³/mol. The molecule has 0 aromatic carbocycles. The van der Waals surface area contributed by atoms with Crippen molar-refractivity contribution in [2.24, 2.45) is 5.73 Å². The zero-order valence-electron chi connectivity index (χ0n) is 10.1. The number of pyridine rings is 1. The number of nitrogens with two attached hydrogens (primary N) is 1. The number of hydrogen-bond donors (Lipinski definition) is 2. The normalized spacial score (nSPS) is 17.6. The molecule has 98 valence electrons. The monoisotopic (exact) mass is 252 g/mol. The van der Waals surface area contributed by atoms with Crippen LogP contribution in [0.3, 0.4) is 0 Å². The van der Waals surface area contributed by atoms with Gasteiger partial charge in [-0.2, -0.15) is 0 Å². The zero-order valence-corrected chi connectivity index (χ0v) is 10.1. The van der Waals surface area contributed by atoms with E-state index >= 15 is 0 Å². The number of primary amides is 1. The average molecular weight is 252 g/mol. The van der Waals surface area contributed by atoms with Gasteiger partial charge in [-0.15, -0.1) is 0 Å². The fraction of sp³-hybridized carbons (Fsp3) is 0.500. The van der Waals surface area contributed by atoms with E-state index in [2.05, 4.69) is 10.3 Å². The Morgan fingerprint density at radius 1 is 1.56 bits per heavy atom. The largest absolute Gasteiger partial charge is 0.380 e. The van der Waals surface area contributed by atoms with Crippen LogP contribution in [0, 0.1) is 5.82 Å². The minimum Gasteiger partial charge on any atom is -0.380 e. The van der Waals surface area contributed by atoms with Gasteiger partial charge in [0.15, 0.2) is 5.82 Å². The van der Waals surface area contributed by atoms with E-state index < -0.39 is 0 Å². The smallest absolute Gasteiger partial charge is 0.231 e. The Hall–Kier alpha value is -1.69. The van der Waals surface area contributed by atoms with Crippen LogP contribution in [0.2, 0.25) is 0 Å². The van der Waals surface area contributed by atoms with E-state index in [1.54, 1.807) is 12.3 Å². The first-order valence-corrected chi connectivity index (χ1v) is 6.02. The van der Waals surface area contributed by atoms with Crippen molar-refractivity contribution in [3.63, 3.8) is 0 Å². The van der Waals surface area contributed by atoms with Crippen LogP contribution in [0.1, 0.15) is 12.8 Å². The van der Waals surface area contributed by atoms with E-state index in [0.717, 1.165) is 25.9 Å². The van der Waals surface area contributed by atoms with Gasteiger partial charge >= 0.3 is 0 Å². The number of amides is 1. The third-order valence-corrected chi connectivity index (χ3v) is 3.10. The van der Waals surface area contributed by atoms with E-state index in [-0.39, 0.29) is 17.8 Å². The Balaban J connectivity index is 1.84. The molecule has 0 atom stereocenters. The summed E-state index contributed by atoms with van der Waals surface area (Å²) in [6.45, 7) is 1.90. The van der Waals surface area contributed by atoms with Gasteiger partial charge in [0, 0.05) is 25.3 Å². The number of aromatic nitrogens is 1. The minimum atomic E-state index is -0.336. The summed E-state index contributed by atoms with van der Waals surface area (Å²) in [5.41, 5.74) is 5.63. The van der Waals surface area contributed by atoms with Crippen molar-refractivity contribution in [2.75, 3.05) is 25.0 Å². The number of halogens is 1. The second-order valence-electron chi connectivity index (χ2n) is 4.52. The maximum absolute atomic E-state index is 13.4. The fourth-order valence-electron chi connectivity index (χ4n) is 2.17. The summed E-state index contributed by atoms with van der Waals surface area (Å²) in [5, 5.41) is 3.17. The molecule has 0 saturated carbocycles. The molecule has 1 aliphatic heterocycles. The molecule has 1 saturated heterocycles. The molecule has 0 radical (unpaired) electrons.